The van der Waals surface area contributed by atoms with Crippen LogP contribution in [-0.2, 0) is 5.75 Å². The van der Waals surface area contributed by atoms with Crippen molar-refractivity contribution in [3.63, 3.8) is 0 Å². The number of benzene rings is 2. The molecule has 3 rings (SSSR count). The first-order valence-corrected chi connectivity index (χ1v) is 8.24. The maximum absolute atomic E-state index is 13.7. The van der Waals surface area contributed by atoms with E-state index >= 15 is 0 Å². The van der Waals surface area contributed by atoms with Gasteiger partial charge < -0.3 is 4.74 Å². The van der Waals surface area contributed by atoms with Crippen LogP contribution in [0.2, 0.25) is 0 Å². The Kier molecular flexibility index (Phi) is 5.05. The van der Waals surface area contributed by atoms with Crippen LogP contribution < -0.4 is 4.74 Å². The Hall–Kier alpha value is -2.47. The fourth-order valence-electron chi connectivity index (χ4n) is 2.01. The van der Waals surface area contributed by atoms with Gasteiger partial charge in [-0.25, -0.2) is 13.8 Å². The van der Waals surface area contributed by atoms with E-state index in [-0.39, 0.29) is 11.6 Å². The summed E-state index contributed by atoms with van der Waals surface area (Å²) < 4.78 is 32.2. The van der Waals surface area contributed by atoms with Gasteiger partial charge in [0.05, 0.1) is 0 Å². The molecular weight excluding hydrogens is 330 g/mol. The molecule has 3 aromatic rings. The molecule has 2 aromatic carbocycles. The molecule has 0 atom stereocenters. The minimum Gasteiger partial charge on any atom is -0.439 e. The van der Waals surface area contributed by atoms with E-state index in [4.69, 9.17) is 4.74 Å². The van der Waals surface area contributed by atoms with Crippen LogP contribution in [0.15, 0.2) is 59.8 Å². The third kappa shape index (κ3) is 4.29. The molecule has 0 saturated heterocycles. The number of rotatable bonds is 5. The summed E-state index contributed by atoms with van der Waals surface area (Å²) in [5.41, 5.74) is 1.33. The summed E-state index contributed by atoms with van der Waals surface area (Å²) in [4.78, 5) is 8.63. The van der Waals surface area contributed by atoms with E-state index in [9.17, 15) is 8.78 Å². The highest BCUT2D eigenvalue weighted by Gasteiger charge is 2.08. The van der Waals surface area contributed by atoms with E-state index in [0.29, 0.717) is 28.1 Å². The van der Waals surface area contributed by atoms with Crippen molar-refractivity contribution in [2.75, 3.05) is 0 Å². The third-order valence-corrected chi connectivity index (χ3v) is 4.06. The molecule has 6 heteroatoms. The van der Waals surface area contributed by atoms with Gasteiger partial charge in [-0.15, -0.1) is 0 Å². The third-order valence-electron chi connectivity index (χ3n) is 3.16. The van der Waals surface area contributed by atoms with Gasteiger partial charge in [-0.05, 0) is 42.8 Å². The average Bonchev–Trinajstić information content (AvgIpc) is 2.56. The first kappa shape index (κ1) is 16.4. The van der Waals surface area contributed by atoms with Crippen LogP contribution in [0, 0.1) is 18.6 Å². The highest BCUT2D eigenvalue weighted by atomic mass is 32.2. The summed E-state index contributed by atoms with van der Waals surface area (Å²) in [6.07, 6.45) is 0. The highest BCUT2D eigenvalue weighted by Crippen LogP contribution is 2.25. The zero-order valence-electron chi connectivity index (χ0n) is 12.9. The maximum Gasteiger partial charge on any atom is 0.223 e. The lowest BCUT2D eigenvalue weighted by molar-refractivity contribution is 0.453. The van der Waals surface area contributed by atoms with Gasteiger partial charge in [0.15, 0.2) is 5.16 Å². The van der Waals surface area contributed by atoms with Gasteiger partial charge in [0.25, 0.3) is 0 Å². The van der Waals surface area contributed by atoms with Crippen molar-refractivity contribution in [1.82, 2.24) is 9.97 Å². The first-order chi connectivity index (χ1) is 11.6. The molecule has 0 radical (unpaired) electrons. The Labute approximate surface area is 142 Å². The minimum atomic E-state index is -0.331. The van der Waals surface area contributed by atoms with Crippen molar-refractivity contribution in [3.8, 4) is 11.6 Å². The predicted molar refractivity (Wildman–Crippen MR) is 89.2 cm³/mol. The van der Waals surface area contributed by atoms with E-state index < -0.39 is 0 Å². The first-order valence-electron chi connectivity index (χ1n) is 7.25. The lowest BCUT2D eigenvalue weighted by Crippen LogP contribution is -1.96. The van der Waals surface area contributed by atoms with Gasteiger partial charge in [-0.3, -0.25) is 0 Å². The number of thioether (sulfide) groups is 1. The van der Waals surface area contributed by atoms with Crippen LogP contribution in [0.25, 0.3) is 0 Å². The van der Waals surface area contributed by atoms with Crippen molar-refractivity contribution in [2.24, 2.45) is 0 Å². The second-order valence-corrected chi connectivity index (χ2v) is 6.01. The van der Waals surface area contributed by atoms with Crippen LogP contribution in [0.5, 0.6) is 11.6 Å². The molecule has 1 heterocycles. The lowest BCUT2D eigenvalue weighted by Gasteiger charge is -2.08. The van der Waals surface area contributed by atoms with Crippen LogP contribution in [0.4, 0.5) is 8.78 Å². The second-order valence-electron chi connectivity index (χ2n) is 5.07. The van der Waals surface area contributed by atoms with Gasteiger partial charge in [-0.2, -0.15) is 4.98 Å². The van der Waals surface area contributed by atoms with Gasteiger partial charge >= 0.3 is 0 Å². The number of hydrogen-bond acceptors (Lipinski definition) is 4. The van der Waals surface area contributed by atoms with E-state index in [2.05, 4.69) is 9.97 Å². The molecule has 0 aliphatic carbocycles. The predicted octanol–water partition coefficient (Wildman–Crippen LogP) is 5.15. The zero-order chi connectivity index (χ0) is 16.9. The van der Waals surface area contributed by atoms with Gasteiger partial charge in [-0.1, -0.05) is 30.0 Å². The number of hydrogen-bond donors (Lipinski definition) is 0. The topological polar surface area (TPSA) is 35.0 Å². The Morgan fingerprint density at radius 2 is 1.75 bits per heavy atom. The SMILES string of the molecule is Cc1cc(Oc2ccc(F)cc2)nc(SCc2ccccc2F)n1. The van der Waals surface area contributed by atoms with Crippen LogP contribution in [0.1, 0.15) is 11.3 Å². The molecule has 0 aliphatic heterocycles. The molecular formula is C18H14F2N2OS. The number of aryl methyl sites for hydroxylation is 1. The summed E-state index contributed by atoms with van der Waals surface area (Å²) in [6, 6.07) is 14.0. The largest absolute Gasteiger partial charge is 0.439 e. The smallest absolute Gasteiger partial charge is 0.223 e. The van der Waals surface area contributed by atoms with Crippen molar-refractivity contribution in [1.29, 1.82) is 0 Å². The van der Waals surface area contributed by atoms with Crippen molar-refractivity contribution in [3.05, 3.63) is 77.5 Å². The molecule has 24 heavy (non-hydrogen) atoms. The fourth-order valence-corrected chi connectivity index (χ4v) is 2.89. The van der Waals surface area contributed by atoms with E-state index in [1.54, 1.807) is 24.3 Å². The standard InChI is InChI=1S/C18H14F2N2OS/c1-12-10-17(23-15-8-6-14(19)7-9-15)22-18(21-12)24-11-13-4-2-3-5-16(13)20/h2-10H,11H2,1H3. The summed E-state index contributed by atoms with van der Waals surface area (Å²) in [6.45, 7) is 1.83. The molecule has 0 N–H and O–H groups in total. The van der Waals surface area contributed by atoms with E-state index in [0.717, 1.165) is 5.69 Å². The number of aromatic nitrogens is 2. The molecule has 0 unspecified atom stereocenters. The maximum atomic E-state index is 13.7. The van der Waals surface area contributed by atoms with Crippen LogP contribution in [-0.4, -0.2) is 9.97 Å². The molecule has 0 spiro atoms. The van der Waals surface area contributed by atoms with Crippen molar-refractivity contribution < 1.29 is 13.5 Å². The van der Waals surface area contributed by atoms with Gasteiger partial charge in [0.1, 0.15) is 17.4 Å². The normalized spacial score (nSPS) is 10.6. The average molecular weight is 344 g/mol. The van der Waals surface area contributed by atoms with Crippen molar-refractivity contribution >= 4 is 11.8 Å². The van der Waals surface area contributed by atoms with Crippen LogP contribution in [0.3, 0.4) is 0 Å². The number of halogens is 2. The summed E-state index contributed by atoms with van der Waals surface area (Å²) in [5.74, 6) is 0.694. The van der Waals surface area contributed by atoms with Crippen LogP contribution >= 0.6 is 11.8 Å². The molecule has 0 aliphatic rings. The lowest BCUT2D eigenvalue weighted by atomic mass is 10.2. The summed E-state index contributed by atoms with van der Waals surface area (Å²) in [7, 11) is 0. The molecule has 3 nitrogen and oxygen atoms in total. The Balaban J connectivity index is 1.74. The van der Waals surface area contributed by atoms with Crippen molar-refractivity contribution in [2.45, 2.75) is 17.8 Å². The Morgan fingerprint density at radius 3 is 2.50 bits per heavy atom. The molecule has 0 saturated carbocycles. The summed E-state index contributed by atoms with van der Waals surface area (Å²) >= 11 is 1.33. The van der Waals surface area contributed by atoms with E-state index in [1.165, 1.54) is 42.1 Å². The molecule has 1 aromatic heterocycles. The van der Waals surface area contributed by atoms with Gasteiger partial charge in [0.2, 0.25) is 5.88 Å². The molecule has 0 amide bonds. The minimum absolute atomic E-state index is 0.250. The molecule has 122 valence electrons. The molecule has 0 fully saturated rings. The zero-order valence-corrected chi connectivity index (χ0v) is 13.7. The number of nitrogens with zero attached hydrogens (tertiary/aromatic N) is 2. The van der Waals surface area contributed by atoms with Gasteiger partial charge in [0, 0.05) is 17.5 Å². The molecule has 0 bridgehead atoms. The number of ether oxygens (including phenoxy) is 1. The highest BCUT2D eigenvalue weighted by molar-refractivity contribution is 7.98. The Bertz CT molecular complexity index is 841. The Morgan fingerprint density at radius 1 is 1.00 bits per heavy atom. The van der Waals surface area contributed by atoms with E-state index in [1.807, 2.05) is 6.92 Å². The second kappa shape index (κ2) is 7.40. The fraction of sp³-hybridized carbons (Fsp3) is 0.111. The quantitative estimate of drug-likeness (QED) is 0.474. The monoisotopic (exact) mass is 344 g/mol. The summed E-state index contributed by atoms with van der Waals surface area (Å²) in [5, 5.41) is 0.496.